The van der Waals surface area contributed by atoms with Crippen LogP contribution in [0, 0.1) is 0 Å². The smallest absolute Gasteiger partial charge is 0.414 e. The van der Waals surface area contributed by atoms with Gasteiger partial charge in [0.2, 0.25) is 0 Å². The molecule has 2 saturated heterocycles. The van der Waals surface area contributed by atoms with Gasteiger partial charge in [0, 0.05) is 17.6 Å². The van der Waals surface area contributed by atoms with Crippen molar-refractivity contribution < 1.29 is 19.8 Å². The van der Waals surface area contributed by atoms with Crippen molar-refractivity contribution in [2.45, 2.75) is 38.3 Å². The van der Waals surface area contributed by atoms with Gasteiger partial charge in [-0.05, 0) is 63.5 Å². The lowest BCUT2D eigenvalue weighted by atomic mass is 10.0. The van der Waals surface area contributed by atoms with Crippen molar-refractivity contribution in [2.24, 2.45) is 0 Å². The molecule has 0 radical (unpaired) electrons. The summed E-state index contributed by atoms with van der Waals surface area (Å²) >= 11 is 6.24. The molecular formula is C18H25ClN2O4. The van der Waals surface area contributed by atoms with Crippen LogP contribution >= 0.6 is 11.6 Å². The third-order valence-electron chi connectivity index (χ3n) is 4.75. The van der Waals surface area contributed by atoms with Crippen LogP contribution in [0.15, 0.2) is 24.3 Å². The minimum atomic E-state index is -1.82. The van der Waals surface area contributed by atoms with E-state index in [0.29, 0.717) is 0 Å². The summed E-state index contributed by atoms with van der Waals surface area (Å²) in [4.78, 5) is 23.4. The van der Waals surface area contributed by atoms with Crippen molar-refractivity contribution in [1.82, 2.24) is 9.80 Å². The molecule has 6 nitrogen and oxygen atoms in total. The molecule has 2 N–H and O–H groups in total. The molecule has 0 spiro atoms. The zero-order valence-corrected chi connectivity index (χ0v) is 15.0. The lowest BCUT2D eigenvalue weighted by Crippen LogP contribution is -2.43. The van der Waals surface area contributed by atoms with Gasteiger partial charge in [-0.2, -0.15) is 0 Å². The summed E-state index contributed by atoms with van der Waals surface area (Å²) < 4.78 is 0. The summed E-state index contributed by atoms with van der Waals surface area (Å²) in [5.41, 5.74) is 1.27. The van der Waals surface area contributed by atoms with Crippen LogP contribution in [0.25, 0.3) is 0 Å². The molecule has 2 fully saturated rings. The van der Waals surface area contributed by atoms with Crippen molar-refractivity contribution >= 4 is 23.5 Å². The molecule has 138 valence electrons. The fourth-order valence-corrected chi connectivity index (χ4v) is 3.61. The van der Waals surface area contributed by atoms with Crippen LogP contribution in [0.3, 0.4) is 0 Å². The second-order valence-corrected chi connectivity index (χ2v) is 6.86. The van der Waals surface area contributed by atoms with E-state index in [-0.39, 0.29) is 0 Å². The highest BCUT2D eigenvalue weighted by molar-refractivity contribution is 6.31. The van der Waals surface area contributed by atoms with Crippen molar-refractivity contribution in [3.8, 4) is 0 Å². The maximum atomic E-state index is 9.10. The number of nitrogens with zero attached hydrogens (tertiary/aromatic N) is 2. The van der Waals surface area contributed by atoms with Crippen LogP contribution < -0.4 is 0 Å². The fourth-order valence-electron chi connectivity index (χ4n) is 3.42. The van der Waals surface area contributed by atoms with Crippen molar-refractivity contribution in [1.29, 1.82) is 0 Å². The molecule has 0 amide bonds. The minimum Gasteiger partial charge on any atom is -0.473 e. The first-order chi connectivity index (χ1) is 12.0. The van der Waals surface area contributed by atoms with E-state index in [4.69, 9.17) is 31.4 Å². The second kappa shape index (κ2) is 9.75. The summed E-state index contributed by atoms with van der Waals surface area (Å²) in [5.74, 6) is -3.65. The Morgan fingerprint density at radius 3 is 2.08 bits per heavy atom. The summed E-state index contributed by atoms with van der Waals surface area (Å²) in [7, 11) is 0. The van der Waals surface area contributed by atoms with Gasteiger partial charge in [-0.3, -0.25) is 4.90 Å². The molecule has 0 atom stereocenters. The fraction of sp³-hybridized carbons (Fsp3) is 0.556. The quantitative estimate of drug-likeness (QED) is 0.798. The summed E-state index contributed by atoms with van der Waals surface area (Å²) in [6.45, 7) is 6.09. The van der Waals surface area contributed by atoms with Crippen LogP contribution in [0.1, 0.15) is 31.2 Å². The third kappa shape index (κ3) is 6.30. The van der Waals surface area contributed by atoms with Gasteiger partial charge in [0.05, 0.1) is 0 Å². The Morgan fingerprint density at radius 1 is 1.00 bits per heavy atom. The van der Waals surface area contributed by atoms with E-state index >= 15 is 0 Å². The molecule has 1 aromatic rings. The van der Waals surface area contributed by atoms with E-state index < -0.39 is 11.9 Å². The largest absolute Gasteiger partial charge is 0.473 e. The topological polar surface area (TPSA) is 81.1 Å². The van der Waals surface area contributed by atoms with Crippen molar-refractivity contribution in [3.05, 3.63) is 34.9 Å². The Labute approximate surface area is 153 Å². The van der Waals surface area contributed by atoms with Gasteiger partial charge in [-0.25, -0.2) is 9.59 Å². The molecule has 2 aliphatic rings. The molecule has 0 aromatic heterocycles. The number of hydrogen-bond donors (Lipinski definition) is 2. The highest BCUT2D eigenvalue weighted by atomic mass is 35.5. The third-order valence-corrected chi connectivity index (χ3v) is 5.12. The van der Waals surface area contributed by atoms with Crippen LogP contribution in [0.5, 0.6) is 0 Å². The van der Waals surface area contributed by atoms with E-state index in [1.54, 1.807) is 0 Å². The van der Waals surface area contributed by atoms with Gasteiger partial charge >= 0.3 is 11.9 Å². The maximum Gasteiger partial charge on any atom is 0.414 e. The first kappa shape index (κ1) is 19.7. The Hall–Kier alpha value is -1.63. The molecule has 2 aliphatic heterocycles. The number of benzene rings is 1. The summed E-state index contributed by atoms with van der Waals surface area (Å²) in [6.07, 6.45) is 5.45. The molecule has 0 aliphatic carbocycles. The average molecular weight is 369 g/mol. The molecule has 2 heterocycles. The van der Waals surface area contributed by atoms with Crippen LogP contribution in [0.2, 0.25) is 5.02 Å². The zero-order valence-electron chi connectivity index (χ0n) is 14.2. The number of halogens is 1. The number of hydrogen-bond acceptors (Lipinski definition) is 4. The number of carbonyl (C=O) groups is 2. The highest BCUT2D eigenvalue weighted by Gasteiger charge is 2.26. The molecule has 0 saturated carbocycles. The lowest BCUT2D eigenvalue weighted by Gasteiger charge is -2.36. The van der Waals surface area contributed by atoms with Crippen LogP contribution in [-0.4, -0.2) is 64.2 Å². The van der Waals surface area contributed by atoms with Gasteiger partial charge < -0.3 is 15.1 Å². The van der Waals surface area contributed by atoms with Crippen molar-refractivity contribution in [2.75, 3.05) is 26.2 Å². The number of likely N-dealkylation sites (tertiary alicyclic amines) is 2. The molecule has 0 unspecified atom stereocenters. The van der Waals surface area contributed by atoms with Gasteiger partial charge in [-0.1, -0.05) is 29.8 Å². The number of rotatable bonds is 3. The minimum absolute atomic E-state index is 0.838. The molecule has 0 bridgehead atoms. The molecule has 3 rings (SSSR count). The van der Waals surface area contributed by atoms with Gasteiger partial charge in [0.15, 0.2) is 0 Å². The number of carboxylic acids is 2. The standard InChI is InChI=1S/C16H23ClN2.C2H2O4/c17-16-6-2-1-5-14(16)13-18-11-7-15(8-12-18)19-9-3-4-10-19;3-1(4)2(5)6/h1-2,5-6,15H,3-4,7-13H2;(H,3,4)(H,5,6). The molecule has 1 aromatic carbocycles. The Balaban J connectivity index is 0.000000326. The number of aliphatic carboxylic acids is 2. The number of carboxylic acid groups (broad SMARTS) is 2. The van der Waals surface area contributed by atoms with Crippen LogP contribution in [-0.2, 0) is 16.1 Å². The Morgan fingerprint density at radius 2 is 1.56 bits per heavy atom. The first-order valence-corrected chi connectivity index (χ1v) is 9.01. The Bertz CT molecular complexity index is 570. The second-order valence-electron chi connectivity index (χ2n) is 6.45. The highest BCUT2D eigenvalue weighted by Crippen LogP contribution is 2.23. The number of piperidine rings is 1. The predicted molar refractivity (Wildman–Crippen MR) is 95.8 cm³/mol. The van der Waals surface area contributed by atoms with Gasteiger partial charge in [0.1, 0.15) is 0 Å². The van der Waals surface area contributed by atoms with E-state index in [2.05, 4.69) is 21.9 Å². The Kier molecular flexibility index (Phi) is 7.68. The van der Waals surface area contributed by atoms with Crippen molar-refractivity contribution in [3.63, 3.8) is 0 Å². The first-order valence-electron chi connectivity index (χ1n) is 8.63. The SMILES string of the molecule is Clc1ccccc1CN1CCC(N2CCCC2)CC1.O=C(O)C(=O)O. The van der Waals surface area contributed by atoms with Gasteiger partial charge in [0.25, 0.3) is 0 Å². The predicted octanol–water partition coefficient (Wildman–Crippen LogP) is 2.56. The maximum absolute atomic E-state index is 9.10. The van der Waals surface area contributed by atoms with E-state index in [0.717, 1.165) is 17.6 Å². The average Bonchev–Trinajstić information content (AvgIpc) is 3.13. The normalized spacial score (nSPS) is 19.2. The molecule has 25 heavy (non-hydrogen) atoms. The molecule has 7 heteroatoms. The van der Waals surface area contributed by atoms with E-state index in [1.165, 1.54) is 57.4 Å². The van der Waals surface area contributed by atoms with E-state index in [1.807, 2.05) is 12.1 Å². The monoisotopic (exact) mass is 368 g/mol. The van der Waals surface area contributed by atoms with Gasteiger partial charge in [-0.15, -0.1) is 0 Å². The summed E-state index contributed by atoms with van der Waals surface area (Å²) in [5, 5.41) is 15.7. The summed E-state index contributed by atoms with van der Waals surface area (Å²) in [6, 6.07) is 9.07. The zero-order chi connectivity index (χ0) is 18.2. The van der Waals surface area contributed by atoms with E-state index in [9.17, 15) is 0 Å². The molecular weight excluding hydrogens is 344 g/mol. The lowest BCUT2D eigenvalue weighted by molar-refractivity contribution is -0.159. The van der Waals surface area contributed by atoms with Crippen LogP contribution in [0.4, 0.5) is 0 Å².